The van der Waals surface area contributed by atoms with Crippen molar-refractivity contribution in [1.82, 2.24) is 0 Å². The van der Waals surface area contributed by atoms with Crippen LogP contribution in [0.5, 0.6) is 0 Å². The molecule has 1 aromatic carbocycles. The summed E-state index contributed by atoms with van der Waals surface area (Å²) in [4.78, 5) is 24.4. The van der Waals surface area contributed by atoms with E-state index in [1.54, 1.807) is 18.2 Å². The van der Waals surface area contributed by atoms with Crippen molar-refractivity contribution >= 4 is 40.8 Å². The van der Waals surface area contributed by atoms with Crippen LogP contribution in [0.1, 0.15) is 38.5 Å². The molecule has 1 saturated heterocycles. The molecule has 1 heterocycles. The quantitative estimate of drug-likeness (QED) is 0.820. The van der Waals surface area contributed by atoms with E-state index in [4.69, 9.17) is 27.9 Å². The molecule has 22 heavy (non-hydrogen) atoms. The van der Waals surface area contributed by atoms with Crippen LogP contribution in [0, 0.1) is 5.92 Å². The second kappa shape index (κ2) is 6.09. The first-order valence-electron chi connectivity index (χ1n) is 7.48. The zero-order valence-electron chi connectivity index (χ0n) is 12.0. The predicted octanol–water partition coefficient (Wildman–Crippen LogP) is 4.20. The zero-order valence-corrected chi connectivity index (χ0v) is 13.5. The Morgan fingerprint density at radius 2 is 1.82 bits per heavy atom. The lowest BCUT2D eigenvalue weighted by Gasteiger charge is -2.36. The second-order valence-electron chi connectivity index (χ2n) is 5.94. The monoisotopic (exact) mass is 341 g/mol. The van der Waals surface area contributed by atoms with Gasteiger partial charge in [-0.05, 0) is 37.8 Å². The van der Waals surface area contributed by atoms with Gasteiger partial charge in [0.1, 0.15) is 5.60 Å². The molecular weight excluding hydrogens is 325 g/mol. The Hall–Kier alpha value is -1.26. The van der Waals surface area contributed by atoms with E-state index in [0.717, 1.165) is 32.1 Å². The van der Waals surface area contributed by atoms with Crippen molar-refractivity contribution in [2.24, 2.45) is 5.92 Å². The number of carbonyl (C=O) groups is 2. The number of benzene rings is 1. The van der Waals surface area contributed by atoms with E-state index < -0.39 is 11.5 Å². The summed E-state index contributed by atoms with van der Waals surface area (Å²) < 4.78 is 5.56. The Balaban J connectivity index is 1.83. The van der Waals surface area contributed by atoms with Crippen molar-refractivity contribution in [3.8, 4) is 0 Å². The number of amides is 1. The lowest BCUT2D eigenvalue weighted by Crippen LogP contribution is -2.43. The average molecular weight is 342 g/mol. The first-order chi connectivity index (χ1) is 10.5. The van der Waals surface area contributed by atoms with Gasteiger partial charge in [0.15, 0.2) is 0 Å². The van der Waals surface area contributed by atoms with E-state index in [1.807, 2.05) is 0 Å². The molecule has 6 heteroatoms. The highest BCUT2D eigenvalue weighted by Crippen LogP contribution is 2.45. The maximum absolute atomic E-state index is 12.7. The summed E-state index contributed by atoms with van der Waals surface area (Å²) in [5.41, 5.74) is -0.256. The van der Waals surface area contributed by atoms with Gasteiger partial charge in [0.2, 0.25) is 5.91 Å². The molecule has 1 N–H and O–H groups in total. The summed E-state index contributed by atoms with van der Waals surface area (Å²) in [7, 11) is 0. The summed E-state index contributed by atoms with van der Waals surface area (Å²) in [6.07, 6.45) is 4.67. The Bertz CT molecular complexity index is 591. The molecule has 0 aromatic heterocycles. The van der Waals surface area contributed by atoms with E-state index in [9.17, 15) is 9.59 Å². The van der Waals surface area contributed by atoms with Crippen molar-refractivity contribution in [1.29, 1.82) is 0 Å². The van der Waals surface area contributed by atoms with Crippen LogP contribution in [-0.4, -0.2) is 17.5 Å². The van der Waals surface area contributed by atoms with Crippen LogP contribution in [0.25, 0.3) is 0 Å². The molecule has 1 aliphatic heterocycles. The van der Waals surface area contributed by atoms with Gasteiger partial charge in [-0.3, -0.25) is 9.59 Å². The number of para-hydroxylation sites is 1. The third-order valence-corrected chi connectivity index (χ3v) is 5.18. The van der Waals surface area contributed by atoms with Crippen LogP contribution in [0.3, 0.4) is 0 Å². The predicted molar refractivity (Wildman–Crippen MR) is 85.1 cm³/mol. The molecule has 1 saturated carbocycles. The van der Waals surface area contributed by atoms with E-state index in [2.05, 4.69) is 5.32 Å². The van der Waals surface area contributed by atoms with Crippen molar-refractivity contribution in [2.75, 3.05) is 5.32 Å². The highest BCUT2D eigenvalue weighted by molar-refractivity contribution is 6.39. The molecule has 2 fully saturated rings. The average Bonchev–Trinajstić information content (AvgIpc) is 2.80. The van der Waals surface area contributed by atoms with Crippen molar-refractivity contribution in [3.05, 3.63) is 28.2 Å². The number of nitrogens with one attached hydrogen (secondary N) is 1. The standard InChI is InChI=1S/C16H17Cl2NO3/c17-11-5-4-6-12(18)14(11)19-15(21)10-9-13(20)22-16(10)7-2-1-3-8-16/h4-6,10H,1-3,7-9H2,(H,19,21)/t10-/m0/s1. The van der Waals surface area contributed by atoms with Gasteiger partial charge in [0.05, 0.1) is 28.1 Å². The minimum atomic E-state index is -0.646. The van der Waals surface area contributed by atoms with Gasteiger partial charge in [0, 0.05) is 0 Å². The molecule has 118 valence electrons. The molecule has 1 aliphatic carbocycles. The van der Waals surface area contributed by atoms with Crippen LogP contribution in [0.2, 0.25) is 10.0 Å². The second-order valence-corrected chi connectivity index (χ2v) is 6.76. The summed E-state index contributed by atoms with van der Waals surface area (Å²) >= 11 is 12.2. The summed E-state index contributed by atoms with van der Waals surface area (Å²) in [5.74, 6) is -1.03. The maximum Gasteiger partial charge on any atom is 0.307 e. The molecule has 0 radical (unpaired) electrons. The molecule has 2 aliphatic rings. The third kappa shape index (κ3) is 2.82. The summed E-state index contributed by atoms with van der Waals surface area (Å²) in [5, 5.41) is 3.53. The molecule has 3 rings (SSSR count). The molecule has 4 nitrogen and oxygen atoms in total. The number of ether oxygens (including phenoxy) is 1. The van der Waals surface area contributed by atoms with Crippen molar-refractivity contribution < 1.29 is 14.3 Å². The third-order valence-electron chi connectivity index (χ3n) is 4.55. The number of anilines is 1. The molecule has 1 atom stereocenters. The van der Waals surface area contributed by atoms with Crippen LogP contribution in [0.15, 0.2) is 18.2 Å². The number of hydrogen-bond donors (Lipinski definition) is 1. The highest BCUT2D eigenvalue weighted by atomic mass is 35.5. The van der Waals surface area contributed by atoms with Gasteiger partial charge in [-0.1, -0.05) is 35.7 Å². The number of halogens is 2. The van der Waals surface area contributed by atoms with Gasteiger partial charge < -0.3 is 10.1 Å². The Labute approximate surface area is 139 Å². The topological polar surface area (TPSA) is 55.4 Å². The lowest BCUT2D eigenvalue weighted by molar-refractivity contribution is -0.153. The SMILES string of the molecule is O=C1C[C@@H](C(=O)Nc2c(Cl)cccc2Cl)C2(CCCCC2)O1. The van der Waals surface area contributed by atoms with Gasteiger partial charge >= 0.3 is 5.97 Å². The maximum atomic E-state index is 12.7. The Morgan fingerprint density at radius 1 is 1.18 bits per heavy atom. The van der Waals surface area contributed by atoms with Gasteiger partial charge in [-0.25, -0.2) is 0 Å². The summed E-state index contributed by atoms with van der Waals surface area (Å²) in [6, 6.07) is 5.04. The van der Waals surface area contributed by atoms with Gasteiger partial charge in [-0.2, -0.15) is 0 Å². The highest BCUT2D eigenvalue weighted by Gasteiger charge is 2.52. The molecule has 1 spiro atoms. The van der Waals surface area contributed by atoms with Crippen LogP contribution in [-0.2, 0) is 14.3 Å². The molecule has 0 unspecified atom stereocenters. The largest absolute Gasteiger partial charge is 0.458 e. The minimum absolute atomic E-state index is 0.119. The van der Waals surface area contributed by atoms with E-state index in [1.165, 1.54) is 0 Å². The molecule has 1 aromatic rings. The fourth-order valence-electron chi connectivity index (χ4n) is 3.45. The van der Waals surface area contributed by atoms with Crippen molar-refractivity contribution in [3.63, 3.8) is 0 Å². The molecule has 0 bridgehead atoms. The van der Waals surface area contributed by atoms with Gasteiger partial charge in [0.25, 0.3) is 0 Å². The van der Waals surface area contributed by atoms with Gasteiger partial charge in [-0.15, -0.1) is 0 Å². The minimum Gasteiger partial charge on any atom is -0.458 e. The summed E-state index contributed by atoms with van der Waals surface area (Å²) in [6.45, 7) is 0. The Kier molecular flexibility index (Phi) is 4.33. The van der Waals surface area contributed by atoms with E-state index in [-0.39, 0.29) is 18.3 Å². The van der Waals surface area contributed by atoms with Crippen LogP contribution < -0.4 is 5.32 Å². The lowest BCUT2D eigenvalue weighted by atomic mass is 9.75. The number of esters is 1. The smallest absolute Gasteiger partial charge is 0.307 e. The Morgan fingerprint density at radius 3 is 2.45 bits per heavy atom. The van der Waals surface area contributed by atoms with Crippen LogP contribution in [0.4, 0.5) is 5.69 Å². The molecule has 1 amide bonds. The fraction of sp³-hybridized carbons (Fsp3) is 0.500. The van der Waals surface area contributed by atoms with E-state index in [0.29, 0.717) is 15.7 Å². The normalized spacial score (nSPS) is 23.4. The number of carbonyl (C=O) groups excluding carboxylic acids is 2. The first kappa shape index (κ1) is 15.6. The van der Waals surface area contributed by atoms with E-state index >= 15 is 0 Å². The van der Waals surface area contributed by atoms with Crippen LogP contribution >= 0.6 is 23.2 Å². The number of rotatable bonds is 2. The zero-order chi connectivity index (χ0) is 15.7. The molecular formula is C16H17Cl2NO3. The fourth-order valence-corrected chi connectivity index (χ4v) is 3.94. The van der Waals surface area contributed by atoms with Crippen molar-refractivity contribution in [2.45, 2.75) is 44.1 Å². The first-order valence-corrected chi connectivity index (χ1v) is 8.24. The number of hydrogen-bond acceptors (Lipinski definition) is 3.